The minimum Gasteiger partial charge on any atom is -0.326 e. The van der Waals surface area contributed by atoms with Crippen molar-refractivity contribution in [2.24, 2.45) is 5.92 Å². The Balaban J connectivity index is 1.23. The van der Waals surface area contributed by atoms with Crippen molar-refractivity contribution in [1.82, 2.24) is 4.90 Å². The monoisotopic (exact) mass is 430 g/mol. The SMILES string of the molecule is Cc1ccccc1CN1CCC(C(=O)Nc2ccc(CSc3ccccc3)cc2)CC1. The molecule has 4 rings (SSSR count). The second-order valence-corrected chi connectivity index (χ2v) is 9.31. The number of anilines is 1. The van der Waals surface area contributed by atoms with Gasteiger partial charge in [0.05, 0.1) is 0 Å². The maximum Gasteiger partial charge on any atom is 0.227 e. The highest BCUT2D eigenvalue weighted by Crippen LogP contribution is 2.24. The van der Waals surface area contributed by atoms with Crippen LogP contribution in [0, 0.1) is 12.8 Å². The Hall–Kier alpha value is -2.56. The first-order chi connectivity index (χ1) is 15.2. The summed E-state index contributed by atoms with van der Waals surface area (Å²) in [5.41, 5.74) is 4.88. The first-order valence-electron chi connectivity index (χ1n) is 11.0. The summed E-state index contributed by atoms with van der Waals surface area (Å²) in [4.78, 5) is 16.5. The molecule has 1 fully saturated rings. The van der Waals surface area contributed by atoms with Crippen LogP contribution in [0.1, 0.15) is 29.5 Å². The Morgan fingerprint density at radius 3 is 2.32 bits per heavy atom. The normalized spacial score (nSPS) is 15.0. The summed E-state index contributed by atoms with van der Waals surface area (Å²) in [6, 6.07) is 27.2. The van der Waals surface area contributed by atoms with Gasteiger partial charge in [0, 0.05) is 28.8 Å². The first kappa shape index (κ1) is 21.7. The number of hydrogen-bond donors (Lipinski definition) is 1. The lowest BCUT2D eigenvalue weighted by molar-refractivity contribution is -0.121. The number of amides is 1. The summed E-state index contributed by atoms with van der Waals surface area (Å²) in [5, 5.41) is 3.12. The molecule has 1 aliphatic rings. The van der Waals surface area contributed by atoms with Gasteiger partial charge < -0.3 is 5.32 Å². The van der Waals surface area contributed by atoms with Gasteiger partial charge in [0.15, 0.2) is 0 Å². The minimum atomic E-state index is 0.0985. The third-order valence-corrected chi connectivity index (χ3v) is 7.07. The fraction of sp³-hybridized carbons (Fsp3) is 0.296. The van der Waals surface area contributed by atoms with Crippen LogP contribution in [-0.4, -0.2) is 23.9 Å². The van der Waals surface area contributed by atoms with Gasteiger partial charge in [0.2, 0.25) is 5.91 Å². The zero-order chi connectivity index (χ0) is 21.5. The molecule has 0 bridgehead atoms. The molecule has 0 spiro atoms. The molecular weight excluding hydrogens is 400 g/mol. The van der Waals surface area contributed by atoms with Gasteiger partial charge in [-0.3, -0.25) is 9.69 Å². The lowest BCUT2D eigenvalue weighted by Gasteiger charge is -2.31. The van der Waals surface area contributed by atoms with Crippen LogP contribution in [0.15, 0.2) is 83.8 Å². The Bertz CT molecular complexity index is 980. The number of carbonyl (C=O) groups is 1. The minimum absolute atomic E-state index is 0.0985. The van der Waals surface area contributed by atoms with Gasteiger partial charge in [-0.05, 0) is 73.8 Å². The molecule has 0 atom stereocenters. The van der Waals surface area contributed by atoms with Crippen molar-refractivity contribution in [2.75, 3.05) is 18.4 Å². The number of thioether (sulfide) groups is 1. The molecule has 1 heterocycles. The molecule has 0 aliphatic carbocycles. The Labute approximate surface area is 189 Å². The number of nitrogens with one attached hydrogen (secondary N) is 1. The van der Waals surface area contributed by atoms with E-state index in [-0.39, 0.29) is 11.8 Å². The van der Waals surface area contributed by atoms with Crippen LogP contribution >= 0.6 is 11.8 Å². The van der Waals surface area contributed by atoms with Gasteiger partial charge >= 0.3 is 0 Å². The number of likely N-dealkylation sites (tertiary alicyclic amines) is 1. The van der Waals surface area contributed by atoms with Crippen LogP contribution in [-0.2, 0) is 17.1 Å². The predicted molar refractivity (Wildman–Crippen MR) is 130 cm³/mol. The molecule has 1 aliphatic heterocycles. The van der Waals surface area contributed by atoms with E-state index in [1.54, 1.807) is 0 Å². The summed E-state index contributed by atoms with van der Waals surface area (Å²) in [6.07, 6.45) is 1.84. The second-order valence-electron chi connectivity index (χ2n) is 8.26. The standard InChI is InChI=1S/C27H30N2OS/c1-21-7-5-6-8-24(21)19-29-17-15-23(16-18-29)27(30)28-25-13-11-22(12-14-25)20-31-26-9-3-2-4-10-26/h2-14,23H,15-20H2,1H3,(H,28,30). The summed E-state index contributed by atoms with van der Waals surface area (Å²) < 4.78 is 0. The molecule has 31 heavy (non-hydrogen) atoms. The molecule has 160 valence electrons. The second kappa shape index (κ2) is 10.7. The van der Waals surface area contributed by atoms with Crippen molar-refractivity contribution in [3.63, 3.8) is 0 Å². The van der Waals surface area contributed by atoms with Gasteiger partial charge in [-0.1, -0.05) is 54.6 Å². The third-order valence-electron chi connectivity index (χ3n) is 5.98. The number of aryl methyl sites for hydroxylation is 1. The quantitative estimate of drug-likeness (QED) is 0.457. The summed E-state index contributed by atoms with van der Waals surface area (Å²) in [5.74, 6) is 1.18. The zero-order valence-corrected chi connectivity index (χ0v) is 18.9. The number of benzene rings is 3. The summed E-state index contributed by atoms with van der Waals surface area (Å²) in [6.45, 7) is 5.09. The molecule has 1 saturated heterocycles. The van der Waals surface area contributed by atoms with E-state index in [1.165, 1.54) is 21.6 Å². The van der Waals surface area contributed by atoms with E-state index in [0.29, 0.717) is 0 Å². The third kappa shape index (κ3) is 6.22. The van der Waals surface area contributed by atoms with E-state index >= 15 is 0 Å². The molecule has 4 heteroatoms. The van der Waals surface area contributed by atoms with Gasteiger partial charge in [-0.2, -0.15) is 0 Å². The maximum atomic E-state index is 12.7. The van der Waals surface area contributed by atoms with E-state index in [1.807, 2.05) is 30.0 Å². The number of carbonyl (C=O) groups excluding carboxylic acids is 1. The van der Waals surface area contributed by atoms with Crippen molar-refractivity contribution >= 4 is 23.4 Å². The lowest BCUT2D eigenvalue weighted by atomic mass is 9.95. The van der Waals surface area contributed by atoms with Crippen molar-refractivity contribution in [3.05, 3.63) is 95.6 Å². The highest BCUT2D eigenvalue weighted by atomic mass is 32.2. The number of nitrogens with zero attached hydrogens (tertiary/aromatic N) is 1. The number of piperidine rings is 1. The molecule has 0 saturated carbocycles. The van der Waals surface area contributed by atoms with Gasteiger partial charge in [0.1, 0.15) is 0 Å². The molecule has 0 radical (unpaired) electrons. The highest BCUT2D eigenvalue weighted by molar-refractivity contribution is 7.98. The zero-order valence-electron chi connectivity index (χ0n) is 18.1. The molecule has 1 N–H and O–H groups in total. The fourth-order valence-corrected chi connectivity index (χ4v) is 4.87. The molecule has 3 aromatic carbocycles. The van der Waals surface area contributed by atoms with Crippen molar-refractivity contribution < 1.29 is 4.79 Å². The average Bonchev–Trinajstić information content (AvgIpc) is 2.81. The van der Waals surface area contributed by atoms with Crippen LogP contribution in [0.25, 0.3) is 0 Å². The van der Waals surface area contributed by atoms with E-state index in [4.69, 9.17) is 0 Å². The largest absolute Gasteiger partial charge is 0.326 e. The predicted octanol–water partition coefficient (Wildman–Crippen LogP) is 6.14. The Morgan fingerprint density at radius 1 is 0.935 bits per heavy atom. The van der Waals surface area contributed by atoms with E-state index in [9.17, 15) is 4.79 Å². The van der Waals surface area contributed by atoms with Gasteiger partial charge in [-0.25, -0.2) is 0 Å². The van der Waals surface area contributed by atoms with E-state index in [2.05, 4.69) is 77.8 Å². The molecule has 3 nitrogen and oxygen atoms in total. The molecule has 0 unspecified atom stereocenters. The van der Waals surface area contributed by atoms with Crippen molar-refractivity contribution in [3.8, 4) is 0 Å². The van der Waals surface area contributed by atoms with Crippen LogP contribution in [0.3, 0.4) is 0 Å². The fourth-order valence-electron chi connectivity index (χ4n) is 3.99. The summed E-state index contributed by atoms with van der Waals surface area (Å²) in [7, 11) is 0. The van der Waals surface area contributed by atoms with Gasteiger partial charge in [-0.15, -0.1) is 11.8 Å². The average molecular weight is 431 g/mol. The van der Waals surface area contributed by atoms with E-state index in [0.717, 1.165) is 43.9 Å². The first-order valence-corrected chi connectivity index (χ1v) is 12.0. The van der Waals surface area contributed by atoms with Crippen LogP contribution < -0.4 is 5.32 Å². The molecular formula is C27H30N2OS. The Kier molecular flexibility index (Phi) is 7.44. The summed E-state index contributed by atoms with van der Waals surface area (Å²) >= 11 is 1.83. The maximum absolute atomic E-state index is 12.7. The number of rotatable bonds is 7. The smallest absolute Gasteiger partial charge is 0.227 e. The molecule has 0 aromatic heterocycles. The molecule has 1 amide bonds. The topological polar surface area (TPSA) is 32.3 Å². The van der Waals surface area contributed by atoms with Crippen LogP contribution in [0.2, 0.25) is 0 Å². The lowest BCUT2D eigenvalue weighted by Crippen LogP contribution is -2.37. The highest BCUT2D eigenvalue weighted by Gasteiger charge is 2.25. The number of hydrogen-bond acceptors (Lipinski definition) is 3. The van der Waals surface area contributed by atoms with Crippen molar-refractivity contribution in [2.45, 2.75) is 37.0 Å². The van der Waals surface area contributed by atoms with Crippen molar-refractivity contribution in [1.29, 1.82) is 0 Å². The Morgan fingerprint density at radius 2 is 1.61 bits per heavy atom. The van der Waals surface area contributed by atoms with Gasteiger partial charge in [0.25, 0.3) is 0 Å². The van der Waals surface area contributed by atoms with Crippen LogP contribution in [0.5, 0.6) is 0 Å². The molecule has 3 aromatic rings. The van der Waals surface area contributed by atoms with Crippen LogP contribution in [0.4, 0.5) is 5.69 Å². The van der Waals surface area contributed by atoms with E-state index < -0.39 is 0 Å².